The molecule has 0 radical (unpaired) electrons. The molecule has 0 fully saturated rings. The van der Waals surface area contributed by atoms with Crippen LogP contribution in [0.5, 0.6) is 0 Å². The Hall–Kier alpha value is -4.22. The first-order chi connectivity index (χ1) is 19.2. The third-order valence-corrected chi connectivity index (χ3v) is 6.52. The summed E-state index contributed by atoms with van der Waals surface area (Å²) in [7, 11) is 1.84. The van der Waals surface area contributed by atoms with Crippen LogP contribution in [0.3, 0.4) is 0 Å². The number of guanidine groups is 1. The number of rotatable bonds is 11. The molecule has 2 aromatic heterocycles. The lowest BCUT2D eigenvalue weighted by Crippen LogP contribution is -2.28. The van der Waals surface area contributed by atoms with Crippen LogP contribution in [-0.4, -0.2) is 63.7 Å². The number of anilines is 3. The number of amides is 2. The van der Waals surface area contributed by atoms with Crippen LogP contribution in [-0.2, 0) is 11.8 Å². The van der Waals surface area contributed by atoms with E-state index in [1.54, 1.807) is 30.5 Å². The van der Waals surface area contributed by atoms with Crippen molar-refractivity contribution in [2.24, 2.45) is 23.5 Å². The quantitative estimate of drug-likeness (QED) is 0.103. The molecule has 40 heavy (non-hydrogen) atoms. The van der Waals surface area contributed by atoms with Gasteiger partial charge in [-0.25, -0.2) is 9.98 Å². The molecular weight excluding hydrogens is 553 g/mol. The molecule has 2 heterocycles. The number of aromatic amines is 1. The first-order valence-electron chi connectivity index (χ1n) is 12.5. The smallest absolute Gasteiger partial charge is 0.255 e. The molecule has 0 aliphatic carbocycles. The lowest BCUT2D eigenvalue weighted by atomic mass is 10.1. The monoisotopic (exact) mass is 583 g/mol. The number of aromatic nitrogens is 3. The summed E-state index contributed by atoms with van der Waals surface area (Å²) in [6.07, 6.45) is 1.76. The Bertz CT molecular complexity index is 1550. The van der Waals surface area contributed by atoms with Gasteiger partial charge in [-0.1, -0.05) is 0 Å². The molecule has 7 N–H and O–H groups in total. The van der Waals surface area contributed by atoms with Gasteiger partial charge in [0.05, 0.1) is 22.4 Å². The van der Waals surface area contributed by atoms with Crippen LogP contribution < -0.4 is 27.0 Å². The maximum absolute atomic E-state index is 13.1. The molecule has 13 heteroatoms. The van der Waals surface area contributed by atoms with E-state index in [2.05, 4.69) is 30.5 Å². The maximum atomic E-state index is 13.1. The van der Waals surface area contributed by atoms with E-state index < -0.39 is 0 Å². The topological polar surface area (TPSA) is 159 Å². The fourth-order valence-corrected chi connectivity index (χ4v) is 4.76. The van der Waals surface area contributed by atoms with E-state index in [-0.39, 0.29) is 24.3 Å². The highest BCUT2D eigenvalue weighted by molar-refractivity contribution is 6.18. The van der Waals surface area contributed by atoms with E-state index in [1.807, 2.05) is 36.7 Å². The zero-order valence-electron chi connectivity index (χ0n) is 22.2. The highest BCUT2D eigenvalue weighted by Crippen LogP contribution is 2.27. The Morgan fingerprint density at radius 2 is 1.80 bits per heavy atom. The van der Waals surface area contributed by atoms with Crippen LogP contribution in [0, 0.1) is 6.92 Å². The number of fused-ring (bicyclic) bond motifs is 1. The maximum Gasteiger partial charge on any atom is 0.255 e. The molecule has 0 bridgehead atoms. The van der Waals surface area contributed by atoms with Crippen LogP contribution >= 0.6 is 23.2 Å². The molecule has 2 amide bonds. The fraction of sp³-hybridized carbons (Fsp3) is 0.259. The van der Waals surface area contributed by atoms with Crippen molar-refractivity contribution < 1.29 is 9.59 Å². The Morgan fingerprint density at radius 3 is 2.48 bits per heavy atom. The van der Waals surface area contributed by atoms with Gasteiger partial charge in [0.25, 0.3) is 5.91 Å². The van der Waals surface area contributed by atoms with Gasteiger partial charge in [0, 0.05) is 55.0 Å². The molecule has 4 aromatic rings. The molecule has 2 aromatic carbocycles. The van der Waals surface area contributed by atoms with Crippen molar-refractivity contribution in [3.8, 4) is 11.5 Å². The van der Waals surface area contributed by atoms with Crippen molar-refractivity contribution in [1.82, 2.24) is 14.5 Å². The number of carbonyl (C=O) groups is 2. The van der Waals surface area contributed by atoms with Crippen molar-refractivity contribution in [3.63, 3.8) is 0 Å². The van der Waals surface area contributed by atoms with Crippen molar-refractivity contribution in [2.45, 2.75) is 6.92 Å². The Morgan fingerprint density at radius 1 is 1.05 bits per heavy atom. The first kappa shape index (κ1) is 28.8. The van der Waals surface area contributed by atoms with Crippen molar-refractivity contribution >= 4 is 69.1 Å². The fourth-order valence-electron chi connectivity index (χ4n) is 4.35. The summed E-state index contributed by atoms with van der Waals surface area (Å²) in [5, 5.41) is 5.72. The number of hydrogen-bond acceptors (Lipinski definition) is 5. The van der Waals surface area contributed by atoms with E-state index in [1.165, 1.54) is 0 Å². The first-order valence-corrected chi connectivity index (χ1v) is 13.6. The number of nitrogens with two attached hydrogens (primary N) is 2. The minimum atomic E-state index is -0.349. The third kappa shape index (κ3) is 6.85. The lowest BCUT2D eigenvalue weighted by Gasteiger charge is -2.25. The number of benzene rings is 2. The zero-order valence-corrected chi connectivity index (χ0v) is 23.7. The molecule has 0 spiro atoms. The van der Waals surface area contributed by atoms with Gasteiger partial charge in [-0.05, 0) is 55.0 Å². The van der Waals surface area contributed by atoms with Gasteiger partial charge < -0.3 is 36.6 Å². The number of imidazole rings is 1. The number of nitrogens with zero attached hydrogens (tertiary/aromatic N) is 4. The molecule has 0 saturated heterocycles. The highest BCUT2D eigenvalue weighted by Gasteiger charge is 2.15. The van der Waals surface area contributed by atoms with Crippen molar-refractivity contribution in [1.29, 1.82) is 0 Å². The minimum Gasteiger partial charge on any atom is -0.370 e. The predicted molar refractivity (Wildman–Crippen MR) is 163 cm³/mol. The lowest BCUT2D eigenvalue weighted by molar-refractivity contribution is -0.114. The van der Waals surface area contributed by atoms with Gasteiger partial charge >= 0.3 is 0 Å². The summed E-state index contributed by atoms with van der Waals surface area (Å²) < 4.78 is 1.83. The second-order valence-electron chi connectivity index (χ2n) is 9.15. The van der Waals surface area contributed by atoms with Crippen LogP contribution in [0.25, 0.3) is 22.6 Å². The van der Waals surface area contributed by atoms with Gasteiger partial charge in [0.15, 0.2) is 11.8 Å². The molecule has 0 aliphatic heterocycles. The highest BCUT2D eigenvalue weighted by atomic mass is 35.5. The molecule has 0 aliphatic rings. The SMILES string of the molecule is Cc1cc(NC(=O)c2ccc3nc(-c4cc(NC(=O)CN=C(N)N)cn4C)[nH]c3c2)ccc1N(CCCl)CCCl. The second-order valence-corrected chi connectivity index (χ2v) is 9.91. The predicted octanol–water partition coefficient (Wildman–Crippen LogP) is 3.63. The van der Waals surface area contributed by atoms with Gasteiger partial charge in [-0.2, -0.15) is 0 Å². The van der Waals surface area contributed by atoms with Crippen LogP contribution in [0.2, 0.25) is 0 Å². The molecular formula is C27H31Cl2N9O2. The zero-order chi connectivity index (χ0) is 28.8. The average Bonchev–Trinajstić information content (AvgIpc) is 3.49. The van der Waals surface area contributed by atoms with Gasteiger partial charge in [0.2, 0.25) is 5.91 Å². The molecule has 0 unspecified atom stereocenters. The number of aryl methyl sites for hydroxylation is 2. The van der Waals surface area contributed by atoms with E-state index in [4.69, 9.17) is 34.7 Å². The normalized spacial score (nSPS) is 10.9. The summed E-state index contributed by atoms with van der Waals surface area (Å²) >= 11 is 11.9. The summed E-state index contributed by atoms with van der Waals surface area (Å²) in [6, 6.07) is 12.8. The van der Waals surface area contributed by atoms with Gasteiger partial charge in [0.1, 0.15) is 6.54 Å². The number of H-pyrrole nitrogens is 1. The largest absolute Gasteiger partial charge is 0.370 e. The number of aliphatic imine (C=N–C) groups is 1. The number of hydrogen-bond donors (Lipinski definition) is 5. The second kappa shape index (κ2) is 12.8. The Balaban J connectivity index is 1.49. The van der Waals surface area contributed by atoms with Crippen LogP contribution in [0.15, 0.2) is 53.7 Å². The Labute approximate surface area is 241 Å². The van der Waals surface area contributed by atoms with Crippen molar-refractivity contribution in [3.05, 3.63) is 59.8 Å². The van der Waals surface area contributed by atoms with Gasteiger partial charge in [-0.15, -0.1) is 23.2 Å². The summed E-state index contributed by atoms with van der Waals surface area (Å²) in [5.41, 5.74) is 16.5. The molecule has 11 nitrogen and oxygen atoms in total. The Kier molecular flexibility index (Phi) is 9.18. The third-order valence-electron chi connectivity index (χ3n) is 6.18. The summed E-state index contributed by atoms with van der Waals surface area (Å²) in [4.78, 5) is 38.9. The summed E-state index contributed by atoms with van der Waals surface area (Å²) in [5.74, 6) is 0.834. The minimum absolute atomic E-state index is 0.153. The van der Waals surface area contributed by atoms with E-state index in [0.717, 1.165) is 16.9 Å². The number of halogens is 2. The number of alkyl halides is 2. The molecule has 4 rings (SSSR count). The van der Waals surface area contributed by atoms with E-state index in [9.17, 15) is 9.59 Å². The number of carbonyl (C=O) groups excluding carboxylic acids is 2. The standard InChI is InChI=1S/C27H31Cl2N9O2/c1-16-11-18(4-6-22(16)38(9-7-28)10-8-29)34-26(40)17-3-5-20-21(12-17)36-25(35-20)23-13-19(15-37(23)2)33-24(39)14-32-27(30)31/h3-6,11-13,15H,7-10,14H2,1-2H3,(H,33,39)(H,34,40)(H,35,36)(H4,30,31,32). The van der Waals surface area contributed by atoms with E-state index >= 15 is 0 Å². The van der Waals surface area contributed by atoms with E-state index in [0.29, 0.717) is 58.6 Å². The average molecular weight is 585 g/mol. The van der Waals surface area contributed by atoms with Crippen molar-refractivity contribution in [2.75, 3.05) is 46.9 Å². The molecule has 0 saturated carbocycles. The van der Waals surface area contributed by atoms with Gasteiger partial charge in [-0.3, -0.25) is 9.59 Å². The number of nitrogens with one attached hydrogen (secondary N) is 3. The summed E-state index contributed by atoms with van der Waals surface area (Å²) in [6.45, 7) is 3.19. The molecule has 210 valence electrons. The van der Waals surface area contributed by atoms with Crippen LogP contribution in [0.4, 0.5) is 17.1 Å². The molecule has 0 atom stereocenters. The van der Waals surface area contributed by atoms with Crippen LogP contribution in [0.1, 0.15) is 15.9 Å².